The van der Waals surface area contributed by atoms with Gasteiger partial charge in [0.1, 0.15) is 24.0 Å². The number of halogens is 2. The number of rotatable bonds is 6. The van der Waals surface area contributed by atoms with Gasteiger partial charge in [-0.2, -0.15) is 14.9 Å². The van der Waals surface area contributed by atoms with E-state index in [9.17, 15) is 8.78 Å². The minimum Gasteiger partial charge on any atom is -0.496 e. The largest absolute Gasteiger partial charge is 0.496 e. The fourth-order valence-corrected chi connectivity index (χ4v) is 2.60. The summed E-state index contributed by atoms with van der Waals surface area (Å²) in [6.07, 6.45) is 1.61. The monoisotopic (exact) mass is 390 g/mol. The van der Waals surface area contributed by atoms with Crippen molar-refractivity contribution in [3.05, 3.63) is 69.8 Å². The van der Waals surface area contributed by atoms with Gasteiger partial charge in [0.15, 0.2) is 11.6 Å². The number of aromatic amines is 1. The Morgan fingerprint density at radius 3 is 2.67 bits per heavy atom. The summed E-state index contributed by atoms with van der Waals surface area (Å²) in [6, 6.07) is 8.50. The zero-order valence-electron chi connectivity index (χ0n) is 14.6. The molecule has 0 bridgehead atoms. The van der Waals surface area contributed by atoms with Crippen LogP contribution in [0.1, 0.15) is 17.0 Å². The van der Waals surface area contributed by atoms with Crippen LogP contribution in [0.4, 0.5) is 8.78 Å². The summed E-state index contributed by atoms with van der Waals surface area (Å²) in [5, 5.41) is 10.9. The number of hydrogen-bond acceptors (Lipinski definition) is 5. The van der Waals surface area contributed by atoms with Crippen molar-refractivity contribution in [2.24, 2.45) is 5.10 Å². The van der Waals surface area contributed by atoms with Crippen LogP contribution in [0.5, 0.6) is 11.5 Å². The third kappa shape index (κ3) is 4.37. The van der Waals surface area contributed by atoms with Gasteiger partial charge in [0, 0.05) is 11.6 Å². The first-order chi connectivity index (χ1) is 13.0. The Morgan fingerprint density at radius 2 is 2.00 bits per heavy atom. The van der Waals surface area contributed by atoms with Crippen LogP contribution in [0, 0.1) is 23.3 Å². The Bertz CT molecular complexity index is 1050. The Balaban J connectivity index is 1.82. The lowest BCUT2D eigenvalue weighted by Gasteiger charge is -2.11. The molecule has 0 spiro atoms. The zero-order valence-corrected chi connectivity index (χ0v) is 15.4. The highest BCUT2D eigenvalue weighted by Crippen LogP contribution is 2.23. The summed E-state index contributed by atoms with van der Waals surface area (Å²) in [5.74, 6) is -0.274. The third-order valence-electron chi connectivity index (χ3n) is 3.72. The first kappa shape index (κ1) is 18.7. The number of aromatic nitrogens is 3. The van der Waals surface area contributed by atoms with Crippen LogP contribution in [0.15, 0.2) is 41.5 Å². The molecule has 3 aromatic rings. The van der Waals surface area contributed by atoms with Crippen LogP contribution >= 0.6 is 12.2 Å². The summed E-state index contributed by atoms with van der Waals surface area (Å²) in [6.45, 7) is 1.81. The Hall–Kier alpha value is -3.07. The minimum atomic E-state index is -0.767. The molecule has 2 aromatic carbocycles. The van der Waals surface area contributed by atoms with Crippen LogP contribution in [-0.4, -0.2) is 28.2 Å². The second-order valence-electron chi connectivity index (χ2n) is 5.57. The van der Waals surface area contributed by atoms with Gasteiger partial charge in [0.05, 0.1) is 13.3 Å². The van der Waals surface area contributed by atoms with Gasteiger partial charge in [-0.1, -0.05) is 0 Å². The molecule has 3 rings (SSSR count). The molecule has 9 heteroatoms. The van der Waals surface area contributed by atoms with Crippen molar-refractivity contribution in [2.75, 3.05) is 7.11 Å². The molecule has 0 radical (unpaired) electrons. The number of benzene rings is 2. The minimum absolute atomic E-state index is 0.0393. The number of aryl methyl sites for hydroxylation is 1. The SMILES string of the molecule is COc1ccc(C=Nn2c(C)n[nH]c2=S)cc1COc1ccc(F)cc1F. The maximum Gasteiger partial charge on any atom is 0.216 e. The maximum absolute atomic E-state index is 13.7. The predicted molar refractivity (Wildman–Crippen MR) is 98.8 cm³/mol. The van der Waals surface area contributed by atoms with Crippen LogP contribution < -0.4 is 9.47 Å². The second-order valence-corrected chi connectivity index (χ2v) is 5.95. The summed E-state index contributed by atoms with van der Waals surface area (Å²) in [4.78, 5) is 0. The fraction of sp³-hybridized carbons (Fsp3) is 0.167. The van der Waals surface area contributed by atoms with Gasteiger partial charge in [-0.25, -0.2) is 8.78 Å². The number of H-pyrrole nitrogens is 1. The van der Waals surface area contributed by atoms with Crippen molar-refractivity contribution in [1.29, 1.82) is 0 Å². The quantitative estimate of drug-likeness (QED) is 0.510. The average molecular weight is 390 g/mol. The number of ether oxygens (including phenoxy) is 2. The van der Waals surface area contributed by atoms with E-state index in [1.165, 1.54) is 17.9 Å². The molecular weight excluding hydrogens is 374 g/mol. The fourth-order valence-electron chi connectivity index (χ4n) is 2.37. The highest BCUT2D eigenvalue weighted by Gasteiger charge is 2.09. The lowest BCUT2D eigenvalue weighted by molar-refractivity contribution is 0.282. The standard InChI is InChI=1S/C18H16F2N4O2S/c1-11-22-23-18(27)24(11)21-9-12-3-5-16(25-2)13(7-12)10-26-17-6-4-14(19)8-15(17)20/h3-9H,10H2,1-2H3,(H,23,27). The van der Waals surface area contributed by atoms with E-state index in [1.807, 2.05) is 6.07 Å². The molecule has 0 unspecified atom stereocenters. The molecular formula is C18H16F2N4O2S. The first-order valence-electron chi connectivity index (χ1n) is 7.91. The van der Waals surface area contributed by atoms with E-state index >= 15 is 0 Å². The number of nitrogens with zero attached hydrogens (tertiary/aromatic N) is 3. The molecule has 0 saturated carbocycles. The van der Waals surface area contributed by atoms with Crippen molar-refractivity contribution in [1.82, 2.24) is 14.9 Å². The van der Waals surface area contributed by atoms with Gasteiger partial charge in [-0.3, -0.25) is 5.10 Å². The summed E-state index contributed by atoms with van der Waals surface area (Å²) in [7, 11) is 1.53. The molecule has 27 heavy (non-hydrogen) atoms. The highest BCUT2D eigenvalue weighted by molar-refractivity contribution is 7.71. The van der Waals surface area contributed by atoms with Gasteiger partial charge in [-0.15, -0.1) is 0 Å². The maximum atomic E-state index is 13.7. The topological polar surface area (TPSA) is 64.4 Å². The Kier molecular flexibility index (Phi) is 5.60. The van der Waals surface area contributed by atoms with Gasteiger partial charge >= 0.3 is 0 Å². The molecule has 0 atom stereocenters. The van der Waals surface area contributed by atoms with E-state index in [4.69, 9.17) is 21.7 Å². The van der Waals surface area contributed by atoms with Crippen LogP contribution in [-0.2, 0) is 6.61 Å². The molecule has 140 valence electrons. The van der Waals surface area contributed by atoms with Gasteiger partial charge in [0.2, 0.25) is 4.77 Å². The first-order valence-corrected chi connectivity index (χ1v) is 8.32. The molecule has 0 saturated heterocycles. The Labute approximate surface area is 159 Å². The molecule has 1 N–H and O–H groups in total. The normalized spacial score (nSPS) is 11.1. The lowest BCUT2D eigenvalue weighted by atomic mass is 10.1. The van der Waals surface area contributed by atoms with Crippen LogP contribution in [0.25, 0.3) is 0 Å². The van der Waals surface area contributed by atoms with Crippen LogP contribution in [0.2, 0.25) is 0 Å². The second kappa shape index (κ2) is 8.09. The lowest BCUT2D eigenvalue weighted by Crippen LogP contribution is -2.02. The van der Waals surface area contributed by atoms with E-state index in [2.05, 4.69) is 15.3 Å². The molecule has 1 aromatic heterocycles. The van der Waals surface area contributed by atoms with Crippen molar-refractivity contribution in [3.8, 4) is 11.5 Å². The average Bonchev–Trinajstić information content (AvgIpc) is 2.97. The molecule has 0 amide bonds. The van der Waals surface area contributed by atoms with E-state index in [1.54, 1.807) is 25.3 Å². The van der Waals surface area contributed by atoms with E-state index in [0.29, 0.717) is 21.9 Å². The number of hydrogen-bond donors (Lipinski definition) is 1. The summed E-state index contributed by atoms with van der Waals surface area (Å²) < 4.78 is 39.4. The molecule has 0 aliphatic rings. The number of methoxy groups -OCH3 is 1. The van der Waals surface area contributed by atoms with Crippen molar-refractivity contribution >= 4 is 18.4 Å². The van der Waals surface area contributed by atoms with Crippen molar-refractivity contribution in [3.63, 3.8) is 0 Å². The zero-order chi connectivity index (χ0) is 19.4. The van der Waals surface area contributed by atoms with E-state index < -0.39 is 11.6 Å². The molecule has 0 fully saturated rings. The Morgan fingerprint density at radius 1 is 1.22 bits per heavy atom. The number of nitrogens with one attached hydrogen (secondary N) is 1. The van der Waals surface area contributed by atoms with Crippen molar-refractivity contribution < 1.29 is 18.3 Å². The molecule has 6 nitrogen and oxygen atoms in total. The molecule has 0 aliphatic carbocycles. The predicted octanol–water partition coefficient (Wildman–Crippen LogP) is 4.00. The van der Waals surface area contributed by atoms with Gasteiger partial charge in [0.25, 0.3) is 0 Å². The highest BCUT2D eigenvalue weighted by atomic mass is 32.1. The van der Waals surface area contributed by atoms with E-state index in [0.717, 1.165) is 17.7 Å². The van der Waals surface area contributed by atoms with Gasteiger partial charge in [-0.05, 0) is 55.0 Å². The third-order valence-corrected chi connectivity index (χ3v) is 3.98. The van der Waals surface area contributed by atoms with Crippen LogP contribution in [0.3, 0.4) is 0 Å². The smallest absolute Gasteiger partial charge is 0.216 e. The summed E-state index contributed by atoms with van der Waals surface area (Å²) in [5.41, 5.74) is 1.44. The van der Waals surface area contributed by atoms with E-state index in [-0.39, 0.29) is 12.4 Å². The summed E-state index contributed by atoms with van der Waals surface area (Å²) >= 11 is 5.10. The molecule has 0 aliphatic heterocycles. The van der Waals surface area contributed by atoms with Crippen molar-refractivity contribution in [2.45, 2.75) is 13.5 Å². The van der Waals surface area contributed by atoms with Gasteiger partial charge < -0.3 is 9.47 Å². The molecule has 1 heterocycles.